The van der Waals surface area contributed by atoms with E-state index in [0.29, 0.717) is 18.8 Å². The Morgan fingerprint density at radius 1 is 1.27 bits per heavy atom. The Labute approximate surface area is 157 Å². The van der Waals surface area contributed by atoms with Gasteiger partial charge in [-0.1, -0.05) is 17.7 Å². The van der Waals surface area contributed by atoms with E-state index in [4.69, 9.17) is 16.3 Å². The predicted octanol–water partition coefficient (Wildman–Crippen LogP) is 2.91. The van der Waals surface area contributed by atoms with E-state index < -0.39 is 5.82 Å². The van der Waals surface area contributed by atoms with E-state index >= 15 is 0 Å². The highest BCUT2D eigenvalue weighted by molar-refractivity contribution is 6.30. The molecule has 26 heavy (non-hydrogen) atoms. The van der Waals surface area contributed by atoms with Crippen LogP contribution < -0.4 is 4.74 Å². The maximum atomic E-state index is 13.1. The molecule has 1 saturated heterocycles. The summed E-state index contributed by atoms with van der Waals surface area (Å²) in [4.78, 5) is 20.8. The molecule has 0 unspecified atom stereocenters. The number of amides is 1. The molecule has 7 heteroatoms. The number of hydrogen-bond acceptors (Lipinski definition) is 4. The molecule has 138 valence electrons. The second-order valence-electron chi connectivity index (χ2n) is 6.29. The number of benzene rings is 1. The van der Waals surface area contributed by atoms with Crippen molar-refractivity contribution in [3.8, 4) is 5.75 Å². The van der Waals surface area contributed by atoms with E-state index in [1.165, 1.54) is 23.8 Å². The molecule has 1 amide bonds. The molecule has 0 bridgehead atoms. The van der Waals surface area contributed by atoms with Gasteiger partial charge in [-0.05, 0) is 30.7 Å². The largest absolute Gasteiger partial charge is 0.484 e. The summed E-state index contributed by atoms with van der Waals surface area (Å²) in [5.41, 5.74) is 2.25. The SMILES string of the molecule is Cc1cccnc1CN1CCN(C(=O)COc2ccc(F)c(Cl)c2)CC1. The lowest BCUT2D eigenvalue weighted by Crippen LogP contribution is -2.49. The summed E-state index contributed by atoms with van der Waals surface area (Å²) >= 11 is 5.71. The Morgan fingerprint density at radius 2 is 2.04 bits per heavy atom. The number of aryl methyl sites for hydroxylation is 1. The topological polar surface area (TPSA) is 45.7 Å². The predicted molar refractivity (Wildman–Crippen MR) is 97.7 cm³/mol. The number of nitrogens with zero attached hydrogens (tertiary/aromatic N) is 3. The van der Waals surface area contributed by atoms with Gasteiger partial charge in [-0.15, -0.1) is 0 Å². The average molecular weight is 378 g/mol. The van der Waals surface area contributed by atoms with Crippen LogP contribution in [0.25, 0.3) is 0 Å². The van der Waals surface area contributed by atoms with Gasteiger partial charge in [0, 0.05) is 45.0 Å². The van der Waals surface area contributed by atoms with Crippen molar-refractivity contribution in [3.63, 3.8) is 0 Å². The molecule has 1 aliphatic heterocycles. The monoisotopic (exact) mass is 377 g/mol. The molecule has 0 atom stereocenters. The van der Waals surface area contributed by atoms with Crippen molar-refractivity contribution in [3.05, 3.63) is 58.6 Å². The Hall–Kier alpha value is -2.18. The second-order valence-corrected chi connectivity index (χ2v) is 6.70. The molecule has 1 aromatic carbocycles. The summed E-state index contributed by atoms with van der Waals surface area (Å²) in [5.74, 6) is -0.210. The first-order chi connectivity index (χ1) is 12.5. The number of carbonyl (C=O) groups is 1. The second kappa shape index (κ2) is 8.47. The molecule has 5 nitrogen and oxygen atoms in total. The van der Waals surface area contributed by atoms with Gasteiger partial charge in [0.05, 0.1) is 10.7 Å². The van der Waals surface area contributed by atoms with Crippen LogP contribution in [0.5, 0.6) is 5.75 Å². The van der Waals surface area contributed by atoms with Crippen LogP contribution in [-0.2, 0) is 11.3 Å². The lowest BCUT2D eigenvalue weighted by Gasteiger charge is -2.34. The minimum atomic E-state index is -0.510. The summed E-state index contributed by atoms with van der Waals surface area (Å²) in [5, 5.41) is -0.0200. The fraction of sp³-hybridized carbons (Fsp3) is 0.368. The zero-order valence-electron chi connectivity index (χ0n) is 14.6. The van der Waals surface area contributed by atoms with Crippen molar-refractivity contribution < 1.29 is 13.9 Å². The molecule has 2 heterocycles. The summed E-state index contributed by atoms with van der Waals surface area (Å²) in [7, 11) is 0. The molecule has 0 radical (unpaired) electrons. The van der Waals surface area contributed by atoms with Crippen LogP contribution in [0.2, 0.25) is 5.02 Å². The van der Waals surface area contributed by atoms with Gasteiger partial charge in [0.2, 0.25) is 0 Å². The quantitative estimate of drug-likeness (QED) is 0.803. The number of carbonyl (C=O) groups excluding carboxylic acids is 1. The smallest absolute Gasteiger partial charge is 0.260 e. The lowest BCUT2D eigenvalue weighted by atomic mass is 10.2. The molecule has 1 aromatic heterocycles. The fourth-order valence-electron chi connectivity index (χ4n) is 2.85. The third-order valence-corrected chi connectivity index (χ3v) is 4.76. The highest BCUT2D eigenvalue weighted by Gasteiger charge is 2.22. The molecule has 2 aromatic rings. The van der Waals surface area contributed by atoms with Crippen LogP contribution in [-0.4, -0.2) is 53.5 Å². The molecule has 0 saturated carbocycles. The van der Waals surface area contributed by atoms with Crippen LogP contribution in [0.15, 0.2) is 36.5 Å². The third-order valence-electron chi connectivity index (χ3n) is 4.47. The molecule has 1 aliphatic rings. The molecule has 0 N–H and O–H groups in total. The van der Waals surface area contributed by atoms with Crippen LogP contribution >= 0.6 is 11.6 Å². The first-order valence-corrected chi connectivity index (χ1v) is 8.89. The van der Waals surface area contributed by atoms with Crippen LogP contribution in [0.3, 0.4) is 0 Å². The van der Waals surface area contributed by atoms with Gasteiger partial charge in [-0.2, -0.15) is 0 Å². The van der Waals surface area contributed by atoms with E-state index in [2.05, 4.69) is 22.9 Å². The van der Waals surface area contributed by atoms with Crippen LogP contribution in [0.4, 0.5) is 4.39 Å². The first-order valence-electron chi connectivity index (χ1n) is 8.51. The Kier molecular flexibility index (Phi) is 6.06. The first kappa shape index (κ1) is 18.6. The maximum Gasteiger partial charge on any atom is 0.260 e. The Balaban J connectivity index is 1.46. The number of pyridine rings is 1. The van der Waals surface area contributed by atoms with E-state index in [0.717, 1.165) is 25.3 Å². The molecular formula is C19H21ClFN3O2. The summed E-state index contributed by atoms with van der Waals surface area (Å²) < 4.78 is 18.6. The van der Waals surface area contributed by atoms with Gasteiger partial charge in [-0.3, -0.25) is 14.7 Å². The van der Waals surface area contributed by atoms with Gasteiger partial charge >= 0.3 is 0 Å². The number of ether oxygens (including phenoxy) is 1. The fourth-order valence-corrected chi connectivity index (χ4v) is 3.02. The van der Waals surface area contributed by atoms with E-state index in [9.17, 15) is 9.18 Å². The molecule has 1 fully saturated rings. The zero-order valence-corrected chi connectivity index (χ0v) is 15.4. The highest BCUT2D eigenvalue weighted by atomic mass is 35.5. The molecule has 0 aliphatic carbocycles. The number of rotatable bonds is 5. The van der Waals surface area contributed by atoms with E-state index in [-0.39, 0.29) is 17.5 Å². The van der Waals surface area contributed by atoms with Gasteiger partial charge in [0.15, 0.2) is 6.61 Å². The normalized spacial score (nSPS) is 15.1. The third kappa shape index (κ3) is 4.71. The van der Waals surface area contributed by atoms with Crippen molar-refractivity contribution >= 4 is 17.5 Å². The molecule has 0 spiro atoms. The Bertz CT molecular complexity index is 779. The van der Waals surface area contributed by atoms with Gasteiger partial charge in [0.25, 0.3) is 5.91 Å². The van der Waals surface area contributed by atoms with Crippen molar-refractivity contribution in [2.45, 2.75) is 13.5 Å². The molecular weight excluding hydrogens is 357 g/mol. The van der Waals surface area contributed by atoms with Crippen molar-refractivity contribution in [2.24, 2.45) is 0 Å². The van der Waals surface area contributed by atoms with Crippen LogP contribution in [0, 0.1) is 12.7 Å². The van der Waals surface area contributed by atoms with Crippen molar-refractivity contribution in [1.82, 2.24) is 14.8 Å². The van der Waals surface area contributed by atoms with Crippen molar-refractivity contribution in [2.75, 3.05) is 32.8 Å². The number of halogens is 2. The maximum absolute atomic E-state index is 13.1. The lowest BCUT2D eigenvalue weighted by molar-refractivity contribution is -0.135. The number of hydrogen-bond donors (Lipinski definition) is 0. The van der Waals surface area contributed by atoms with Crippen LogP contribution in [0.1, 0.15) is 11.3 Å². The molecule has 3 rings (SSSR count). The minimum absolute atomic E-state index is 0.0200. The highest BCUT2D eigenvalue weighted by Crippen LogP contribution is 2.21. The van der Waals surface area contributed by atoms with Crippen molar-refractivity contribution in [1.29, 1.82) is 0 Å². The summed E-state index contributed by atoms with van der Waals surface area (Å²) in [6.07, 6.45) is 1.81. The summed E-state index contributed by atoms with van der Waals surface area (Å²) in [6.45, 7) is 5.66. The number of piperazine rings is 1. The minimum Gasteiger partial charge on any atom is -0.484 e. The standard InChI is InChI=1S/C19H21ClFN3O2/c1-14-3-2-6-22-18(14)12-23-7-9-24(10-8-23)19(25)13-26-15-4-5-17(21)16(20)11-15/h2-6,11H,7-10,12-13H2,1H3. The van der Waals surface area contributed by atoms with Gasteiger partial charge in [-0.25, -0.2) is 4.39 Å². The average Bonchev–Trinajstić information content (AvgIpc) is 2.65. The van der Waals surface area contributed by atoms with E-state index in [1.807, 2.05) is 6.07 Å². The van der Waals surface area contributed by atoms with Gasteiger partial charge in [0.1, 0.15) is 11.6 Å². The van der Waals surface area contributed by atoms with Gasteiger partial charge < -0.3 is 9.64 Å². The summed E-state index contributed by atoms with van der Waals surface area (Å²) in [6, 6.07) is 8.05. The van der Waals surface area contributed by atoms with E-state index in [1.54, 1.807) is 11.1 Å². The Morgan fingerprint density at radius 3 is 2.73 bits per heavy atom. The zero-order chi connectivity index (χ0) is 18.5. The number of aromatic nitrogens is 1.